The van der Waals surface area contributed by atoms with Gasteiger partial charge >= 0.3 is 5.97 Å². The lowest BCUT2D eigenvalue weighted by atomic mass is 10.0. The van der Waals surface area contributed by atoms with Gasteiger partial charge in [0, 0.05) is 19.6 Å². The maximum Gasteiger partial charge on any atom is 0.306 e. The van der Waals surface area contributed by atoms with Crippen molar-refractivity contribution in [3.63, 3.8) is 0 Å². The van der Waals surface area contributed by atoms with Crippen molar-refractivity contribution in [3.8, 4) is 0 Å². The zero-order valence-electron chi connectivity index (χ0n) is 21.6. The van der Waals surface area contributed by atoms with Gasteiger partial charge in [-0.15, -0.1) is 0 Å². The highest BCUT2D eigenvalue weighted by Gasteiger charge is 2.17. The minimum Gasteiger partial charge on any atom is -0.457 e. The average Bonchev–Trinajstić information content (AvgIpc) is 2.77. The first-order chi connectivity index (χ1) is 15.1. The van der Waals surface area contributed by atoms with E-state index in [1.165, 1.54) is 57.8 Å². The van der Waals surface area contributed by atoms with Crippen molar-refractivity contribution in [3.05, 3.63) is 0 Å². The van der Waals surface area contributed by atoms with Gasteiger partial charge in [-0.3, -0.25) is 4.79 Å². The number of unbranched alkanes of at least 4 members (excludes halogenated alkanes) is 6. The second-order valence-electron chi connectivity index (χ2n) is 9.18. The highest BCUT2D eigenvalue weighted by Crippen LogP contribution is 2.15. The van der Waals surface area contributed by atoms with Gasteiger partial charge in [0.05, 0.1) is 13.2 Å². The fourth-order valence-electron chi connectivity index (χ4n) is 3.76. The molecule has 0 heterocycles. The van der Waals surface area contributed by atoms with E-state index in [0.29, 0.717) is 31.5 Å². The fraction of sp³-hybridized carbons (Fsp3) is 0.963. The highest BCUT2D eigenvalue weighted by molar-refractivity contribution is 5.69. The van der Waals surface area contributed by atoms with Crippen molar-refractivity contribution < 1.29 is 19.0 Å². The number of esters is 1. The Kier molecular flexibility index (Phi) is 22.1. The number of rotatable bonds is 23. The summed E-state index contributed by atoms with van der Waals surface area (Å²) in [4.78, 5) is 12.3. The molecule has 2 atom stereocenters. The molecule has 0 aromatic heterocycles. The molecule has 0 aliphatic rings. The lowest BCUT2D eigenvalue weighted by Gasteiger charge is -2.22. The van der Waals surface area contributed by atoms with Gasteiger partial charge in [-0.05, 0) is 31.1 Å². The monoisotopic (exact) mass is 442 g/mol. The first-order valence-corrected chi connectivity index (χ1v) is 13.5. The number of hydrogen-bond donors (Lipinski definition) is 0. The number of hydrogen-bond acceptors (Lipinski definition) is 4. The van der Waals surface area contributed by atoms with Gasteiger partial charge in [-0.2, -0.15) is 0 Å². The largest absolute Gasteiger partial charge is 0.457 e. The third-order valence-electron chi connectivity index (χ3n) is 6.18. The third-order valence-corrected chi connectivity index (χ3v) is 6.18. The zero-order valence-corrected chi connectivity index (χ0v) is 21.6. The molecule has 2 unspecified atom stereocenters. The van der Waals surface area contributed by atoms with Gasteiger partial charge in [0.25, 0.3) is 0 Å². The van der Waals surface area contributed by atoms with Crippen LogP contribution >= 0.6 is 0 Å². The Balaban J connectivity index is 4.46. The molecule has 186 valence electrons. The Labute approximate surface area is 194 Å². The Morgan fingerprint density at radius 3 is 1.55 bits per heavy atom. The van der Waals surface area contributed by atoms with Gasteiger partial charge in [0.15, 0.2) is 0 Å². The van der Waals surface area contributed by atoms with Crippen molar-refractivity contribution in [2.45, 2.75) is 131 Å². The first kappa shape index (κ1) is 30.4. The molecular formula is C27H54O4. The van der Waals surface area contributed by atoms with Gasteiger partial charge in [0.1, 0.15) is 6.10 Å². The van der Waals surface area contributed by atoms with Crippen molar-refractivity contribution in [1.29, 1.82) is 0 Å². The van der Waals surface area contributed by atoms with E-state index in [2.05, 4.69) is 34.6 Å². The van der Waals surface area contributed by atoms with E-state index in [1.807, 2.05) is 0 Å². The second-order valence-corrected chi connectivity index (χ2v) is 9.18. The van der Waals surface area contributed by atoms with Crippen LogP contribution in [0.15, 0.2) is 0 Å². The van der Waals surface area contributed by atoms with Crippen LogP contribution in [0, 0.1) is 11.8 Å². The first-order valence-electron chi connectivity index (χ1n) is 13.5. The van der Waals surface area contributed by atoms with Crippen LogP contribution in [0.2, 0.25) is 0 Å². The minimum absolute atomic E-state index is 0.107. The molecule has 0 aromatic carbocycles. The molecule has 0 saturated carbocycles. The summed E-state index contributed by atoms with van der Waals surface area (Å²) >= 11 is 0. The lowest BCUT2D eigenvalue weighted by Crippen LogP contribution is -2.30. The maximum atomic E-state index is 12.3. The Hall–Kier alpha value is -0.610. The van der Waals surface area contributed by atoms with Crippen molar-refractivity contribution >= 4 is 5.97 Å². The van der Waals surface area contributed by atoms with E-state index in [4.69, 9.17) is 14.2 Å². The summed E-state index contributed by atoms with van der Waals surface area (Å²) in [5.74, 6) is 1.08. The lowest BCUT2D eigenvalue weighted by molar-refractivity contribution is -0.157. The molecular weight excluding hydrogens is 388 g/mol. The molecule has 0 N–H and O–H groups in total. The summed E-state index contributed by atoms with van der Waals surface area (Å²) in [6.07, 6.45) is 15.5. The molecule has 0 spiro atoms. The molecule has 4 heteroatoms. The topological polar surface area (TPSA) is 44.8 Å². The SMILES string of the molecule is CCCCCCCC(=O)OC(COCC(CC)CCCC)COCC(CC)CCCC. The van der Waals surface area contributed by atoms with E-state index in [-0.39, 0.29) is 12.1 Å². The number of carbonyl (C=O) groups is 1. The Morgan fingerprint density at radius 1 is 0.613 bits per heavy atom. The number of carbonyl (C=O) groups excluding carboxylic acids is 1. The second kappa shape index (κ2) is 22.6. The van der Waals surface area contributed by atoms with Gasteiger partial charge < -0.3 is 14.2 Å². The molecule has 0 bridgehead atoms. The molecule has 31 heavy (non-hydrogen) atoms. The predicted molar refractivity (Wildman–Crippen MR) is 132 cm³/mol. The summed E-state index contributed by atoms with van der Waals surface area (Å²) in [6, 6.07) is 0. The van der Waals surface area contributed by atoms with Crippen molar-refractivity contribution in [1.82, 2.24) is 0 Å². The van der Waals surface area contributed by atoms with E-state index < -0.39 is 0 Å². The molecule has 0 fully saturated rings. The van der Waals surface area contributed by atoms with E-state index in [1.54, 1.807) is 0 Å². The van der Waals surface area contributed by atoms with E-state index in [0.717, 1.165) is 38.9 Å². The average molecular weight is 443 g/mol. The highest BCUT2D eigenvalue weighted by atomic mass is 16.6. The van der Waals surface area contributed by atoms with Crippen LogP contribution in [0.4, 0.5) is 0 Å². The third kappa shape index (κ3) is 18.6. The van der Waals surface area contributed by atoms with Crippen LogP contribution in [0.5, 0.6) is 0 Å². The van der Waals surface area contributed by atoms with Crippen LogP contribution in [0.1, 0.15) is 125 Å². The molecule has 4 nitrogen and oxygen atoms in total. The quantitative estimate of drug-likeness (QED) is 0.120. The molecule has 0 aliphatic heterocycles. The number of ether oxygens (including phenoxy) is 3. The summed E-state index contributed by atoms with van der Waals surface area (Å²) in [7, 11) is 0. The normalized spacial score (nSPS) is 14.4. The molecule has 0 saturated heterocycles. The summed E-state index contributed by atoms with van der Waals surface area (Å²) in [6.45, 7) is 13.5. The summed E-state index contributed by atoms with van der Waals surface area (Å²) in [5.41, 5.74) is 0. The molecule has 0 rings (SSSR count). The molecule has 0 radical (unpaired) electrons. The van der Waals surface area contributed by atoms with Crippen LogP contribution in [-0.4, -0.2) is 38.5 Å². The minimum atomic E-state index is -0.296. The molecule has 0 aromatic rings. The molecule has 0 amide bonds. The van der Waals surface area contributed by atoms with Crippen molar-refractivity contribution in [2.75, 3.05) is 26.4 Å². The van der Waals surface area contributed by atoms with Crippen LogP contribution in [0.3, 0.4) is 0 Å². The van der Waals surface area contributed by atoms with Crippen molar-refractivity contribution in [2.24, 2.45) is 11.8 Å². The smallest absolute Gasteiger partial charge is 0.306 e. The maximum absolute atomic E-state index is 12.3. The standard InChI is InChI=1S/C27H54O4/c1-6-11-14-15-16-19-27(28)31-26(22-29-20-24(9-4)17-12-7-2)23-30-21-25(10-5)18-13-8-3/h24-26H,6-23H2,1-5H3. The zero-order chi connectivity index (χ0) is 23.2. The van der Waals surface area contributed by atoms with Crippen LogP contribution in [0.25, 0.3) is 0 Å². The van der Waals surface area contributed by atoms with Crippen LogP contribution in [-0.2, 0) is 19.0 Å². The van der Waals surface area contributed by atoms with E-state index >= 15 is 0 Å². The van der Waals surface area contributed by atoms with E-state index in [9.17, 15) is 4.79 Å². The van der Waals surface area contributed by atoms with Gasteiger partial charge in [-0.1, -0.05) is 98.8 Å². The summed E-state index contributed by atoms with van der Waals surface area (Å²) in [5, 5.41) is 0. The predicted octanol–water partition coefficient (Wildman–Crippen LogP) is 7.72. The Bertz CT molecular complexity index is 363. The van der Waals surface area contributed by atoms with Gasteiger partial charge in [-0.25, -0.2) is 0 Å². The van der Waals surface area contributed by atoms with Gasteiger partial charge in [0.2, 0.25) is 0 Å². The van der Waals surface area contributed by atoms with Crippen LogP contribution < -0.4 is 0 Å². The fourth-order valence-corrected chi connectivity index (χ4v) is 3.76. The summed E-state index contributed by atoms with van der Waals surface area (Å²) < 4.78 is 17.8. The molecule has 0 aliphatic carbocycles. The Morgan fingerprint density at radius 2 is 1.10 bits per heavy atom.